The number of rotatable bonds is 2. The topological polar surface area (TPSA) is 12.0 Å². The largest absolute Gasteiger partial charge is 0.307 e. The average Bonchev–Trinajstić information content (AvgIpc) is 2.73. The van der Waals surface area contributed by atoms with E-state index < -0.39 is 0 Å². The molecule has 1 unspecified atom stereocenters. The monoisotopic (exact) mass is 257 g/mol. The Morgan fingerprint density at radius 1 is 1.38 bits per heavy atom. The maximum Gasteiger partial charge on any atom is 0.0704 e. The summed E-state index contributed by atoms with van der Waals surface area (Å²) < 4.78 is 1.29. The van der Waals surface area contributed by atoms with Crippen LogP contribution in [0.15, 0.2) is 9.85 Å². The number of fused-ring (bicyclic) bond motifs is 1. The highest BCUT2D eigenvalue weighted by Gasteiger charge is 2.30. The van der Waals surface area contributed by atoms with E-state index >= 15 is 0 Å². The van der Waals surface area contributed by atoms with Gasteiger partial charge in [0.05, 0.1) is 3.79 Å². The fraction of sp³-hybridized carbons (Fsp3) is 0.600. The van der Waals surface area contributed by atoms with Gasteiger partial charge in [0.1, 0.15) is 0 Å². The Labute approximate surface area is 90.7 Å². The number of halogens is 1. The molecule has 0 bridgehead atoms. The molecule has 0 amide bonds. The fourth-order valence-electron chi connectivity index (χ4n) is 2.04. The van der Waals surface area contributed by atoms with E-state index in [9.17, 15) is 0 Å². The zero-order valence-corrected chi connectivity index (χ0v) is 9.75. The van der Waals surface area contributed by atoms with E-state index in [1.807, 2.05) is 11.3 Å². The molecule has 2 aliphatic carbocycles. The predicted molar refractivity (Wildman–Crippen MR) is 59.2 cm³/mol. The molecule has 0 spiro atoms. The molecule has 0 aliphatic heterocycles. The van der Waals surface area contributed by atoms with E-state index in [4.69, 9.17) is 0 Å². The van der Waals surface area contributed by atoms with Gasteiger partial charge in [0.2, 0.25) is 0 Å². The van der Waals surface area contributed by atoms with Crippen LogP contribution in [0.25, 0.3) is 0 Å². The second-order valence-electron chi connectivity index (χ2n) is 3.96. The van der Waals surface area contributed by atoms with Crippen molar-refractivity contribution in [1.82, 2.24) is 5.32 Å². The molecular weight excluding hydrogens is 246 g/mol. The van der Waals surface area contributed by atoms with Crippen molar-refractivity contribution in [2.24, 2.45) is 0 Å². The van der Waals surface area contributed by atoms with Crippen molar-refractivity contribution in [2.45, 2.75) is 37.8 Å². The Balaban J connectivity index is 1.83. The molecule has 1 aromatic rings. The molecule has 13 heavy (non-hydrogen) atoms. The highest BCUT2D eigenvalue weighted by atomic mass is 79.9. The zero-order valence-electron chi connectivity index (χ0n) is 7.35. The van der Waals surface area contributed by atoms with Gasteiger partial charge in [-0.05, 0) is 53.2 Å². The van der Waals surface area contributed by atoms with Crippen LogP contribution in [0.5, 0.6) is 0 Å². The van der Waals surface area contributed by atoms with E-state index in [0.717, 1.165) is 6.04 Å². The Kier molecular flexibility index (Phi) is 2.00. The van der Waals surface area contributed by atoms with Gasteiger partial charge >= 0.3 is 0 Å². The Morgan fingerprint density at radius 2 is 2.23 bits per heavy atom. The Hall–Kier alpha value is 0.140. The minimum atomic E-state index is 0.657. The van der Waals surface area contributed by atoms with Crippen molar-refractivity contribution in [1.29, 1.82) is 0 Å². The van der Waals surface area contributed by atoms with E-state index in [-0.39, 0.29) is 0 Å². The number of aryl methyl sites for hydroxylation is 1. The first-order valence-electron chi connectivity index (χ1n) is 4.87. The lowest BCUT2D eigenvalue weighted by molar-refractivity contribution is 0.527. The van der Waals surface area contributed by atoms with Crippen LogP contribution in [0, 0.1) is 0 Å². The lowest BCUT2D eigenvalue weighted by Crippen LogP contribution is -2.20. The van der Waals surface area contributed by atoms with Crippen LogP contribution in [-0.4, -0.2) is 6.04 Å². The molecule has 1 nitrogen and oxygen atoms in total. The lowest BCUT2D eigenvalue weighted by Gasteiger charge is -2.11. The summed E-state index contributed by atoms with van der Waals surface area (Å²) in [5.74, 6) is 0. The van der Waals surface area contributed by atoms with Crippen LogP contribution in [0.1, 0.15) is 35.7 Å². The third-order valence-electron chi connectivity index (χ3n) is 2.86. The molecule has 1 fully saturated rings. The number of nitrogens with one attached hydrogen (secondary N) is 1. The van der Waals surface area contributed by atoms with Crippen molar-refractivity contribution >= 4 is 27.3 Å². The van der Waals surface area contributed by atoms with Crippen molar-refractivity contribution in [3.05, 3.63) is 20.3 Å². The van der Waals surface area contributed by atoms with Crippen LogP contribution in [0.4, 0.5) is 0 Å². The van der Waals surface area contributed by atoms with Gasteiger partial charge in [0.15, 0.2) is 0 Å². The van der Waals surface area contributed by atoms with Gasteiger partial charge in [-0.2, -0.15) is 0 Å². The summed E-state index contributed by atoms with van der Waals surface area (Å²) in [6.45, 7) is 0. The summed E-state index contributed by atoms with van der Waals surface area (Å²) in [5.41, 5.74) is 1.56. The van der Waals surface area contributed by atoms with Crippen LogP contribution >= 0.6 is 27.3 Å². The second kappa shape index (κ2) is 3.07. The number of hydrogen-bond donors (Lipinski definition) is 1. The third kappa shape index (κ3) is 1.58. The minimum Gasteiger partial charge on any atom is -0.307 e. The zero-order chi connectivity index (χ0) is 8.84. The van der Waals surface area contributed by atoms with Gasteiger partial charge in [-0.25, -0.2) is 0 Å². The first-order chi connectivity index (χ1) is 6.33. The lowest BCUT2D eigenvalue weighted by atomic mass is 10.2. The minimum absolute atomic E-state index is 0.657. The van der Waals surface area contributed by atoms with Crippen molar-refractivity contribution in [2.75, 3.05) is 0 Å². The van der Waals surface area contributed by atoms with Crippen LogP contribution in [-0.2, 0) is 6.42 Å². The molecule has 0 saturated heterocycles. The molecule has 1 N–H and O–H groups in total. The first kappa shape index (κ1) is 8.45. The molecule has 1 heterocycles. The maximum atomic E-state index is 3.71. The molecule has 1 atom stereocenters. The van der Waals surface area contributed by atoms with Crippen molar-refractivity contribution in [3.63, 3.8) is 0 Å². The molecule has 1 saturated carbocycles. The first-order valence-corrected chi connectivity index (χ1v) is 6.48. The van der Waals surface area contributed by atoms with Crippen molar-refractivity contribution in [3.8, 4) is 0 Å². The number of hydrogen-bond acceptors (Lipinski definition) is 2. The smallest absolute Gasteiger partial charge is 0.0704 e. The summed E-state index contributed by atoms with van der Waals surface area (Å²) in [6.07, 6.45) is 5.36. The fourth-order valence-corrected chi connectivity index (χ4v) is 3.83. The average molecular weight is 258 g/mol. The molecular formula is C10H12BrNS. The van der Waals surface area contributed by atoms with Gasteiger partial charge in [-0.1, -0.05) is 0 Å². The molecule has 70 valence electrons. The van der Waals surface area contributed by atoms with Crippen LogP contribution < -0.4 is 5.32 Å². The van der Waals surface area contributed by atoms with Crippen LogP contribution in [0.3, 0.4) is 0 Å². The SMILES string of the molecule is Brc1cc2c(s1)CCC2NC1CC1. The standard InChI is InChI=1S/C10H12BrNS/c11-10-5-7-8(12-6-1-2-6)3-4-9(7)13-10/h5-6,8,12H,1-4H2. The third-order valence-corrected chi connectivity index (χ3v) is 4.57. The molecule has 1 aromatic heterocycles. The van der Waals surface area contributed by atoms with E-state index in [2.05, 4.69) is 27.3 Å². The van der Waals surface area contributed by atoms with Crippen molar-refractivity contribution < 1.29 is 0 Å². The van der Waals surface area contributed by atoms with Gasteiger partial charge in [-0.15, -0.1) is 11.3 Å². The summed E-state index contributed by atoms with van der Waals surface area (Å²) >= 11 is 5.46. The Bertz CT molecular complexity index is 330. The summed E-state index contributed by atoms with van der Waals surface area (Å²) in [4.78, 5) is 1.59. The summed E-state index contributed by atoms with van der Waals surface area (Å²) in [6, 6.07) is 3.78. The molecule has 0 aromatic carbocycles. The van der Waals surface area contributed by atoms with Crippen LogP contribution in [0.2, 0.25) is 0 Å². The predicted octanol–water partition coefficient (Wildman–Crippen LogP) is 3.25. The molecule has 0 radical (unpaired) electrons. The summed E-state index contributed by atoms with van der Waals surface area (Å²) in [5, 5.41) is 3.71. The molecule has 3 heteroatoms. The highest BCUT2D eigenvalue weighted by Crippen LogP contribution is 2.40. The number of thiophene rings is 1. The van der Waals surface area contributed by atoms with Gasteiger partial charge in [0, 0.05) is 17.0 Å². The van der Waals surface area contributed by atoms with Gasteiger partial charge in [0.25, 0.3) is 0 Å². The van der Waals surface area contributed by atoms with E-state index in [1.54, 1.807) is 10.4 Å². The van der Waals surface area contributed by atoms with Gasteiger partial charge < -0.3 is 5.32 Å². The molecule has 3 rings (SSSR count). The normalized spacial score (nSPS) is 26.4. The summed E-state index contributed by atoms with van der Waals surface area (Å²) in [7, 11) is 0. The Morgan fingerprint density at radius 3 is 3.00 bits per heavy atom. The quantitative estimate of drug-likeness (QED) is 0.858. The van der Waals surface area contributed by atoms with E-state index in [1.165, 1.54) is 29.5 Å². The van der Waals surface area contributed by atoms with E-state index in [0.29, 0.717) is 6.04 Å². The molecule has 2 aliphatic rings. The van der Waals surface area contributed by atoms with Gasteiger partial charge in [-0.3, -0.25) is 0 Å². The second-order valence-corrected chi connectivity index (χ2v) is 6.48. The maximum absolute atomic E-state index is 3.71. The highest BCUT2D eigenvalue weighted by molar-refractivity contribution is 9.11.